The quantitative estimate of drug-likeness (QED) is 0.486. The minimum absolute atomic E-state index is 0.0807. The van der Waals surface area contributed by atoms with Crippen molar-refractivity contribution in [1.82, 2.24) is 19.9 Å². The summed E-state index contributed by atoms with van der Waals surface area (Å²) in [6, 6.07) is 7.44. The fourth-order valence-electron chi connectivity index (χ4n) is 6.55. The van der Waals surface area contributed by atoms with Gasteiger partial charge in [0.15, 0.2) is 17.5 Å². The van der Waals surface area contributed by atoms with E-state index < -0.39 is 23.1 Å². The molecule has 0 bridgehead atoms. The molecule has 1 amide bonds. The van der Waals surface area contributed by atoms with Gasteiger partial charge in [0.2, 0.25) is 0 Å². The topological polar surface area (TPSA) is 103 Å². The summed E-state index contributed by atoms with van der Waals surface area (Å²) in [5, 5.41) is 9.01. The zero-order chi connectivity index (χ0) is 28.9. The summed E-state index contributed by atoms with van der Waals surface area (Å²) in [7, 11) is 0. The monoisotopic (exact) mass is 562 g/mol. The van der Waals surface area contributed by atoms with Crippen LogP contribution in [0.15, 0.2) is 42.7 Å². The van der Waals surface area contributed by atoms with Crippen LogP contribution in [0.25, 0.3) is 0 Å². The number of rotatable bonds is 5. The van der Waals surface area contributed by atoms with Crippen molar-refractivity contribution in [3.8, 4) is 0 Å². The molecule has 11 heteroatoms. The second-order valence-corrected chi connectivity index (χ2v) is 11.9. The number of anilines is 3. The molecular weight excluding hydrogens is 530 g/mol. The second kappa shape index (κ2) is 10.0. The average Bonchev–Trinajstić information content (AvgIpc) is 3.54. The molecule has 41 heavy (non-hydrogen) atoms. The third-order valence-electron chi connectivity index (χ3n) is 8.60. The van der Waals surface area contributed by atoms with Gasteiger partial charge in [0.1, 0.15) is 11.5 Å². The van der Waals surface area contributed by atoms with Crippen LogP contribution in [0.3, 0.4) is 0 Å². The Morgan fingerprint density at radius 3 is 2.41 bits per heavy atom. The largest absolute Gasteiger partial charge is 0.481 e. The standard InChI is InChI=1S/C30H32F2N6O3/c1-29(2)17-36(24-8-5-19(15-33-24)13-25(39)40)11-12-38(29)28(41)23-16-34-27-26(35-23)30(9-3-4-10-30)18-37(27)20-6-7-21(31)22(32)14-20/h5-8,14-16H,3-4,9-13,17-18H2,1-2H3,(H,39,40). The molecule has 4 heterocycles. The van der Waals surface area contributed by atoms with E-state index in [1.54, 1.807) is 18.3 Å². The Hall–Kier alpha value is -4.15. The molecule has 9 nitrogen and oxygen atoms in total. The number of aliphatic carboxylic acids is 1. The SMILES string of the molecule is CC1(C)CN(c2ccc(CC(=O)O)cn2)CCN1C(=O)c1cnc2c(n1)C1(CCCC1)CN2c1ccc(F)c(F)c1. The Bertz CT molecular complexity index is 1510. The molecule has 3 aliphatic rings. The van der Waals surface area contributed by atoms with Crippen molar-refractivity contribution in [1.29, 1.82) is 0 Å². The number of carboxylic acid groups (broad SMARTS) is 1. The highest BCUT2D eigenvalue weighted by Gasteiger charge is 2.48. The van der Waals surface area contributed by atoms with Crippen molar-refractivity contribution in [3.05, 3.63) is 71.3 Å². The molecule has 6 rings (SSSR count). The van der Waals surface area contributed by atoms with E-state index in [-0.39, 0.29) is 23.4 Å². The third-order valence-corrected chi connectivity index (χ3v) is 8.60. The zero-order valence-electron chi connectivity index (χ0n) is 23.1. The summed E-state index contributed by atoms with van der Waals surface area (Å²) in [4.78, 5) is 44.7. The Kier molecular flexibility index (Phi) is 6.62. The molecule has 2 aromatic heterocycles. The highest BCUT2D eigenvalue weighted by molar-refractivity contribution is 5.93. The average molecular weight is 563 g/mol. The minimum Gasteiger partial charge on any atom is -0.481 e. The molecule has 0 unspecified atom stereocenters. The number of fused-ring (bicyclic) bond motifs is 2. The maximum Gasteiger partial charge on any atom is 0.307 e. The number of carbonyl (C=O) groups excluding carboxylic acids is 1. The van der Waals surface area contributed by atoms with Crippen LogP contribution in [0.2, 0.25) is 0 Å². The summed E-state index contributed by atoms with van der Waals surface area (Å²) in [6.07, 6.45) is 6.85. The lowest BCUT2D eigenvalue weighted by Crippen LogP contribution is -2.61. The van der Waals surface area contributed by atoms with Crippen LogP contribution >= 0.6 is 0 Å². The van der Waals surface area contributed by atoms with E-state index in [1.165, 1.54) is 12.3 Å². The normalized spacial score (nSPS) is 19.1. The molecule has 0 atom stereocenters. The number of benzene rings is 1. The molecule has 1 N–H and O–H groups in total. The van der Waals surface area contributed by atoms with Crippen molar-refractivity contribution in [2.45, 2.75) is 56.9 Å². The first-order chi connectivity index (χ1) is 19.6. The van der Waals surface area contributed by atoms with E-state index in [4.69, 9.17) is 10.1 Å². The van der Waals surface area contributed by atoms with Gasteiger partial charge in [0, 0.05) is 49.5 Å². The van der Waals surface area contributed by atoms with Crippen molar-refractivity contribution in [2.75, 3.05) is 36.0 Å². The van der Waals surface area contributed by atoms with Crippen LogP contribution in [0.4, 0.5) is 26.1 Å². The first-order valence-electron chi connectivity index (χ1n) is 13.9. The second-order valence-electron chi connectivity index (χ2n) is 11.9. The Morgan fingerprint density at radius 2 is 1.76 bits per heavy atom. The summed E-state index contributed by atoms with van der Waals surface area (Å²) in [5.74, 6) is -1.59. The summed E-state index contributed by atoms with van der Waals surface area (Å²) < 4.78 is 27.8. The molecule has 1 aliphatic carbocycles. The molecule has 2 aliphatic heterocycles. The molecular formula is C30H32F2N6O3. The lowest BCUT2D eigenvalue weighted by molar-refractivity contribution is -0.136. The van der Waals surface area contributed by atoms with Gasteiger partial charge in [-0.15, -0.1) is 0 Å². The number of nitrogens with zero attached hydrogens (tertiary/aromatic N) is 6. The predicted octanol–water partition coefficient (Wildman–Crippen LogP) is 4.48. The number of halogens is 2. The minimum atomic E-state index is -0.913. The van der Waals surface area contributed by atoms with Crippen LogP contribution in [0.5, 0.6) is 0 Å². The summed E-state index contributed by atoms with van der Waals surface area (Å²) >= 11 is 0. The number of amides is 1. The van der Waals surface area contributed by atoms with Crippen LogP contribution in [-0.4, -0.2) is 68.6 Å². The van der Waals surface area contributed by atoms with Crippen LogP contribution in [0.1, 0.15) is 61.3 Å². The lowest BCUT2D eigenvalue weighted by Gasteiger charge is -2.47. The highest BCUT2D eigenvalue weighted by Crippen LogP contribution is 2.51. The third kappa shape index (κ3) is 4.87. The van der Waals surface area contributed by atoms with Crippen LogP contribution in [0, 0.1) is 11.6 Å². The van der Waals surface area contributed by atoms with Gasteiger partial charge in [0.05, 0.1) is 23.9 Å². The highest BCUT2D eigenvalue weighted by atomic mass is 19.2. The Balaban J connectivity index is 1.25. The lowest BCUT2D eigenvalue weighted by atomic mass is 9.84. The fourth-order valence-corrected chi connectivity index (χ4v) is 6.55. The molecule has 0 radical (unpaired) electrons. The van der Waals surface area contributed by atoms with Gasteiger partial charge in [-0.3, -0.25) is 9.59 Å². The number of carbonyl (C=O) groups is 2. The van der Waals surface area contributed by atoms with Crippen molar-refractivity contribution in [2.24, 2.45) is 0 Å². The van der Waals surface area contributed by atoms with Gasteiger partial charge in [-0.25, -0.2) is 23.7 Å². The molecule has 1 saturated carbocycles. The molecule has 2 fully saturated rings. The van der Waals surface area contributed by atoms with E-state index in [9.17, 15) is 18.4 Å². The van der Waals surface area contributed by atoms with Gasteiger partial charge in [-0.2, -0.15) is 0 Å². The number of aromatic nitrogens is 3. The molecule has 1 aromatic carbocycles. The van der Waals surface area contributed by atoms with Gasteiger partial charge < -0.3 is 19.8 Å². The first-order valence-corrected chi connectivity index (χ1v) is 13.9. The maximum absolute atomic E-state index is 14.1. The van der Waals surface area contributed by atoms with Gasteiger partial charge in [-0.1, -0.05) is 18.9 Å². The van der Waals surface area contributed by atoms with Crippen LogP contribution in [-0.2, 0) is 16.6 Å². The molecule has 3 aromatic rings. The molecule has 214 valence electrons. The fraction of sp³-hybridized carbons (Fsp3) is 0.433. The number of hydrogen-bond acceptors (Lipinski definition) is 7. The van der Waals surface area contributed by atoms with Crippen molar-refractivity contribution in [3.63, 3.8) is 0 Å². The number of pyridine rings is 1. The van der Waals surface area contributed by atoms with Crippen LogP contribution < -0.4 is 9.80 Å². The molecule has 1 saturated heterocycles. The van der Waals surface area contributed by atoms with Gasteiger partial charge >= 0.3 is 5.97 Å². The number of carboxylic acids is 1. The maximum atomic E-state index is 14.1. The van der Waals surface area contributed by atoms with E-state index >= 15 is 0 Å². The zero-order valence-corrected chi connectivity index (χ0v) is 23.1. The van der Waals surface area contributed by atoms with E-state index in [0.717, 1.165) is 43.3 Å². The van der Waals surface area contributed by atoms with Gasteiger partial charge in [0.25, 0.3) is 5.91 Å². The Labute approximate surface area is 236 Å². The summed E-state index contributed by atoms with van der Waals surface area (Å²) in [6.45, 7) is 6.12. The van der Waals surface area contributed by atoms with Crippen molar-refractivity contribution >= 4 is 29.2 Å². The van der Waals surface area contributed by atoms with E-state index in [2.05, 4.69) is 14.9 Å². The number of hydrogen-bond donors (Lipinski definition) is 1. The molecule has 1 spiro atoms. The predicted molar refractivity (Wildman–Crippen MR) is 148 cm³/mol. The summed E-state index contributed by atoms with van der Waals surface area (Å²) in [5.41, 5.74) is 1.36. The van der Waals surface area contributed by atoms with E-state index in [1.807, 2.05) is 29.7 Å². The van der Waals surface area contributed by atoms with Crippen molar-refractivity contribution < 1.29 is 23.5 Å². The number of piperazine rings is 1. The smallest absolute Gasteiger partial charge is 0.307 e. The van der Waals surface area contributed by atoms with Gasteiger partial charge in [-0.05, 0) is 50.5 Å². The Morgan fingerprint density at radius 1 is 0.976 bits per heavy atom. The van der Waals surface area contributed by atoms with E-state index in [0.29, 0.717) is 43.2 Å². The first kappa shape index (κ1) is 27.0.